The summed E-state index contributed by atoms with van der Waals surface area (Å²) in [5.74, 6) is 0.259. The SMILES string of the molecule is N#CCCCOc1cccnc1NC(=O)c1cccc(Oc2cccc(C(F)(F)F)c2)c1. The van der Waals surface area contributed by atoms with Gasteiger partial charge in [0, 0.05) is 18.2 Å². The molecule has 3 rings (SSSR count). The van der Waals surface area contributed by atoms with Crippen LogP contribution in [0.4, 0.5) is 19.0 Å². The Labute approximate surface area is 182 Å². The Balaban J connectivity index is 1.71. The van der Waals surface area contributed by atoms with Gasteiger partial charge in [-0.25, -0.2) is 4.98 Å². The normalized spacial score (nSPS) is 10.8. The minimum atomic E-state index is -4.49. The van der Waals surface area contributed by atoms with E-state index in [0.717, 1.165) is 12.1 Å². The standard InChI is InChI=1S/C23H18F3N3O3/c24-23(25,26)17-7-4-9-19(15-17)32-18-8-3-6-16(14-18)22(30)29-21-20(10-5-12-28-21)31-13-2-1-11-27/h3-10,12,14-15H,1-2,13H2,(H,28,29,30). The number of pyridine rings is 1. The number of carbonyl (C=O) groups is 1. The van der Waals surface area contributed by atoms with Gasteiger partial charge in [0.05, 0.1) is 18.2 Å². The molecule has 0 fully saturated rings. The molecule has 0 aliphatic rings. The van der Waals surface area contributed by atoms with Crippen molar-refractivity contribution in [2.24, 2.45) is 0 Å². The molecule has 1 heterocycles. The zero-order valence-corrected chi connectivity index (χ0v) is 16.7. The number of alkyl halides is 3. The second-order valence-electron chi connectivity index (χ2n) is 6.57. The summed E-state index contributed by atoms with van der Waals surface area (Å²) in [4.78, 5) is 16.8. The quantitative estimate of drug-likeness (QED) is 0.445. The van der Waals surface area contributed by atoms with E-state index in [1.807, 2.05) is 6.07 Å². The Bertz CT molecular complexity index is 1130. The molecular weight excluding hydrogens is 423 g/mol. The number of aromatic nitrogens is 1. The van der Waals surface area contributed by atoms with Crippen LogP contribution in [0, 0.1) is 11.3 Å². The predicted octanol–water partition coefficient (Wildman–Crippen LogP) is 5.83. The zero-order chi connectivity index (χ0) is 23.0. The maximum Gasteiger partial charge on any atom is 0.416 e. The van der Waals surface area contributed by atoms with E-state index >= 15 is 0 Å². The number of rotatable bonds is 8. The summed E-state index contributed by atoms with van der Waals surface area (Å²) in [6.07, 6.45) is -2.11. The fourth-order valence-corrected chi connectivity index (χ4v) is 2.69. The van der Waals surface area contributed by atoms with E-state index in [1.165, 1.54) is 36.5 Å². The predicted molar refractivity (Wildman–Crippen MR) is 110 cm³/mol. The molecule has 1 aromatic heterocycles. The van der Waals surface area contributed by atoms with Crippen molar-refractivity contribution in [3.05, 3.63) is 78.0 Å². The summed E-state index contributed by atoms with van der Waals surface area (Å²) in [7, 11) is 0. The highest BCUT2D eigenvalue weighted by Gasteiger charge is 2.30. The van der Waals surface area contributed by atoms with Crippen LogP contribution in [-0.4, -0.2) is 17.5 Å². The molecule has 0 saturated carbocycles. The maximum absolute atomic E-state index is 12.9. The number of hydrogen-bond donors (Lipinski definition) is 1. The Morgan fingerprint density at radius 2 is 1.81 bits per heavy atom. The minimum Gasteiger partial charge on any atom is -0.490 e. The summed E-state index contributed by atoms with van der Waals surface area (Å²) >= 11 is 0. The van der Waals surface area contributed by atoms with E-state index in [9.17, 15) is 18.0 Å². The van der Waals surface area contributed by atoms with E-state index in [-0.39, 0.29) is 22.9 Å². The molecule has 0 unspecified atom stereocenters. The molecule has 0 aliphatic heterocycles. The number of carbonyl (C=O) groups excluding carboxylic acids is 1. The van der Waals surface area contributed by atoms with E-state index in [2.05, 4.69) is 10.3 Å². The van der Waals surface area contributed by atoms with Crippen LogP contribution in [-0.2, 0) is 6.18 Å². The number of halogens is 3. The minimum absolute atomic E-state index is 0.00448. The topological polar surface area (TPSA) is 84.2 Å². The summed E-state index contributed by atoms with van der Waals surface area (Å²) < 4.78 is 49.8. The van der Waals surface area contributed by atoms with Gasteiger partial charge >= 0.3 is 6.18 Å². The first-order valence-corrected chi connectivity index (χ1v) is 9.58. The van der Waals surface area contributed by atoms with Crippen LogP contribution in [0.2, 0.25) is 0 Å². The average molecular weight is 441 g/mol. The molecule has 0 saturated heterocycles. The van der Waals surface area contributed by atoms with E-state index in [4.69, 9.17) is 14.7 Å². The number of hydrogen-bond acceptors (Lipinski definition) is 5. The van der Waals surface area contributed by atoms with Gasteiger partial charge in [-0.2, -0.15) is 18.4 Å². The number of benzene rings is 2. The van der Waals surface area contributed by atoms with Crippen LogP contribution < -0.4 is 14.8 Å². The Morgan fingerprint density at radius 3 is 2.56 bits per heavy atom. The number of ether oxygens (including phenoxy) is 2. The molecule has 32 heavy (non-hydrogen) atoms. The number of nitriles is 1. The van der Waals surface area contributed by atoms with Gasteiger partial charge in [-0.1, -0.05) is 12.1 Å². The largest absolute Gasteiger partial charge is 0.490 e. The van der Waals surface area contributed by atoms with Crippen LogP contribution in [0.5, 0.6) is 17.2 Å². The summed E-state index contributed by atoms with van der Waals surface area (Å²) in [6.45, 7) is 0.294. The average Bonchev–Trinajstić information content (AvgIpc) is 2.77. The second kappa shape index (κ2) is 10.3. The van der Waals surface area contributed by atoms with Gasteiger partial charge in [0.25, 0.3) is 5.91 Å². The number of amides is 1. The number of unbranched alkanes of at least 4 members (excludes halogenated alkanes) is 1. The molecule has 1 N–H and O–H groups in total. The Kier molecular flexibility index (Phi) is 7.29. The molecule has 3 aromatic rings. The molecule has 0 aliphatic carbocycles. The first-order valence-electron chi connectivity index (χ1n) is 9.58. The van der Waals surface area contributed by atoms with Crippen molar-refractivity contribution in [3.63, 3.8) is 0 Å². The van der Waals surface area contributed by atoms with E-state index in [0.29, 0.717) is 25.2 Å². The van der Waals surface area contributed by atoms with Gasteiger partial charge in [0.2, 0.25) is 0 Å². The summed E-state index contributed by atoms with van der Waals surface area (Å²) in [5.41, 5.74) is -0.614. The van der Waals surface area contributed by atoms with Gasteiger partial charge in [0.15, 0.2) is 11.6 Å². The summed E-state index contributed by atoms with van der Waals surface area (Å²) in [6, 6.07) is 15.8. The number of nitrogens with one attached hydrogen (secondary N) is 1. The number of nitrogens with zero attached hydrogens (tertiary/aromatic N) is 2. The molecular formula is C23H18F3N3O3. The van der Waals surface area contributed by atoms with Crippen molar-refractivity contribution in [2.75, 3.05) is 11.9 Å². The highest BCUT2D eigenvalue weighted by atomic mass is 19.4. The van der Waals surface area contributed by atoms with Crippen molar-refractivity contribution < 1.29 is 27.4 Å². The van der Waals surface area contributed by atoms with Crippen molar-refractivity contribution in [2.45, 2.75) is 19.0 Å². The van der Waals surface area contributed by atoms with Crippen molar-refractivity contribution in [3.8, 4) is 23.3 Å². The molecule has 0 atom stereocenters. The molecule has 164 valence electrons. The van der Waals surface area contributed by atoms with E-state index in [1.54, 1.807) is 18.2 Å². The first-order chi connectivity index (χ1) is 15.4. The molecule has 0 bridgehead atoms. The van der Waals surface area contributed by atoms with Gasteiger partial charge in [-0.05, 0) is 55.0 Å². The Morgan fingerprint density at radius 1 is 1.06 bits per heavy atom. The third-order valence-corrected chi connectivity index (χ3v) is 4.19. The molecule has 1 amide bonds. The highest BCUT2D eigenvalue weighted by Crippen LogP contribution is 2.33. The van der Waals surface area contributed by atoms with Crippen LogP contribution in [0.15, 0.2) is 66.9 Å². The van der Waals surface area contributed by atoms with Crippen molar-refractivity contribution in [1.29, 1.82) is 5.26 Å². The highest BCUT2D eigenvalue weighted by molar-refractivity contribution is 6.04. The monoisotopic (exact) mass is 441 g/mol. The van der Waals surface area contributed by atoms with Gasteiger partial charge in [-0.15, -0.1) is 0 Å². The van der Waals surface area contributed by atoms with Gasteiger partial charge in [-0.3, -0.25) is 4.79 Å². The molecule has 2 aromatic carbocycles. The third-order valence-electron chi connectivity index (χ3n) is 4.19. The van der Waals surface area contributed by atoms with Gasteiger partial charge in [0.1, 0.15) is 11.5 Å². The van der Waals surface area contributed by atoms with Crippen LogP contribution in [0.25, 0.3) is 0 Å². The molecule has 0 radical (unpaired) electrons. The first kappa shape index (κ1) is 22.6. The van der Waals surface area contributed by atoms with Crippen molar-refractivity contribution >= 4 is 11.7 Å². The lowest BCUT2D eigenvalue weighted by molar-refractivity contribution is -0.137. The fraction of sp³-hybridized carbons (Fsp3) is 0.174. The second-order valence-corrected chi connectivity index (χ2v) is 6.57. The molecule has 6 nitrogen and oxygen atoms in total. The van der Waals surface area contributed by atoms with Crippen LogP contribution >= 0.6 is 0 Å². The van der Waals surface area contributed by atoms with Crippen LogP contribution in [0.3, 0.4) is 0 Å². The lowest BCUT2D eigenvalue weighted by Crippen LogP contribution is -2.14. The summed E-state index contributed by atoms with van der Waals surface area (Å²) in [5, 5.41) is 11.2. The number of anilines is 1. The smallest absolute Gasteiger partial charge is 0.416 e. The maximum atomic E-state index is 12.9. The van der Waals surface area contributed by atoms with E-state index < -0.39 is 17.6 Å². The van der Waals surface area contributed by atoms with Gasteiger partial charge < -0.3 is 14.8 Å². The fourth-order valence-electron chi connectivity index (χ4n) is 2.69. The molecule has 9 heteroatoms. The lowest BCUT2D eigenvalue weighted by Gasteiger charge is -2.12. The lowest BCUT2D eigenvalue weighted by atomic mass is 10.2. The molecule has 0 spiro atoms. The van der Waals surface area contributed by atoms with Crippen molar-refractivity contribution in [1.82, 2.24) is 4.98 Å². The third kappa shape index (κ3) is 6.22. The Hall–Kier alpha value is -4.06. The zero-order valence-electron chi connectivity index (χ0n) is 16.7. The van der Waals surface area contributed by atoms with Crippen LogP contribution in [0.1, 0.15) is 28.8 Å².